The molecule has 0 saturated carbocycles. The summed E-state index contributed by atoms with van der Waals surface area (Å²) in [6.07, 6.45) is 22.2. The molecule has 9 rings (SSSR count). The minimum Gasteiger partial charge on any atom is -0.485 e. The van der Waals surface area contributed by atoms with Crippen LogP contribution in [0.4, 0.5) is 0 Å². The van der Waals surface area contributed by atoms with Gasteiger partial charge in [0, 0.05) is 45.4 Å². The average molecular weight is 549 g/mol. The van der Waals surface area contributed by atoms with Gasteiger partial charge < -0.3 is 14.6 Å². The molecule has 1 N–H and O–H groups in total. The Balaban J connectivity index is 1.06. The number of nitrogens with one attached hydrogen (secondary N) is 1. The SMILES string of the molecule is CC12C=C(C3NC4C=CCC[C@]43C)C=CC1Oc1ccc(C3C=CC=C(n4c5ccccc5c5ccccc54)C3)cc12. The highest BCUT2D eigenvalue weighted by Gasteiger charge is 2.53. The van der Waals surface area contributed by atoms with Crippen LogP contribution in [0.25, 0.3) is 27.5 Å². The van der Waals surface area contributed by atoms with E-state index in [1.807, 2.05) is 0 Å². The van der Waals surface area contributed by atoms with Crippen LogP contribution in [0.5, 0.6) is 5.75 Å². The molecule has 6 atom stereocenters. The standard InChI is InChI=1S/C39H36N2O/c1-38-21-8-7-16-35(38)40-37(38)27-18-20-36-39(2,24-27)31-23-26(17-19-34(31)42-36)25-10-9-11-28(22-25)41-32-14-5-3-12-29(32)30-13-4-6-15-33(30)41/h3-7,9-20,23-25,35-37,40H,8,21-22H2,1-2H3/t25?,35?,36?,37?,38-,39?/m1/s1. The number of benzene rings is 3. The van der Waals surface area contributed by atoms with Crippen molar-refractivity contribution in [3.8, 4) is 5.75 Å². The number of rotatable bonds is 3. The number of nitrogens with zero attached hydrogens (tertiary/aromatic N) is 1. The topological polar surface area (TPSA) is 26.2 Å². The first kappa shape index (κ1) is 24.5. The Bertz CT molecular complexity index is 1880. The maximum absolute atomic E-state index is 6.55. The number of hydrogen-bond acceptors (Lipinski definition) is 2. The van der Waals surface area contributed by atoms with Gasteiger partial charge in [-0.3, -0.25) is 0 Å². The van der Waals surface area contributed by atoms with E-state index in [-0.39, 0.29) is 11.5 Å². The molecule has 3 aromatic carbocycles. The normalized spacial score (nSPS) is 32.5. The Labute approximate surface area is 247 Å². The molecule has 0 amide bonds. The number of hydrogen-bond donors (Lipinski definition) is 1. The predicted molar refractivity (Wildman–Crippen MR) is 173 cm³/mol. The summed E-state index contributed by atoms with van der Waals surface area (Å²) in [6.45, 7) is 4.83. The third-order valence-corrected chi connectivity index (χ3v) is 10.9. The van der Waals surface area contributed by atoms with Crippen LogP contribution >= 0.6 is 0 Å². The maximum Gasteiger partial charge on any atom is 0.130 e. The summed E-state index contributed by atoms with van der Waals surface area (Å²) < 4.78 is 9.02. The third-order valence-electron chi connectivity index (χ3n) is 10.9. The molecule has 208 valence electrons. The first-order valence-corrected chi connectivity index (χ1v) is 15.5. The molecule has 4 aromatic rings. The van der Waals surface area contributed by atoms with E-state index in [0.29, 0.717) is 23.4 Å². The second kappa shape index (κ2) is 8.72. The van der Waals surface area contributed by atoms with Gasteiger partial charge in [0.1, 0.15) is 11.9 Å². The highest BCUT2D eigenvalue weighted by molar-refractivity contribution is 6.10. The second-order valence-electron chi connectivity index (χ2n) is 13.4. The molecular weight excluding hydrogens is 512 g/mol. The Morgan fingerprint density at radius 3 is 2.48 bits per heavy atom. The summed E-state index contributed by atoms with van der Waals surface area (Å²) in [7, 11) is 0. The minimum absolute atomic E-state index is 0.0383. The fraction of sp³-hybridized carbons (Fsp3) is 0.282. The van der Waals surface area contributed by atoms with E-state index >= 15 is 0 Å². The lowest BCUT2D eigenvalue weighted by molar-refractivity contribution is 0.0643. The first-order valence-electron chi connectivity index (χ1n) is 15.5. The van der Waals surface area contributed by atoms with Crippen LogP contribution in [0.2, 0.25) is 0 Å². The van der Waals surface area contributed by atoms with Crippen molar-refractivity contribution < 1.29 is 4.74 Å². The van der Waals surface area contributed by atoms with Gasteiger partial charge in [0.15, 0.2) is 0 Å². The number of allylic oxidation sites excluding steroid dienone is 5. The van der Waals surface area contributed by atoms with Crippen molar-refractivity contribution in [1.82, 2.24) is 9.88 Å². The van der Waals surface area contributed by atoms with Gasteiger partial charge in [-0.25, -0.2) is 0 Å². The zero-order chi connectivity index (χ0) is 28.1. The molecule has 1 aromatic heterocycles. The van der Waals surface area contributed by atoms with Gasteiger partial charge in [-0.1, -0.05) is 91.9 Å². The summed E-state index contributed by atoms with van der Waals surface area (Å²) in [5, 5.41) is 6.48. The molecular formula is C39H36N2O. The molecule has 0 spiro atoms. The molecule has 0 radical (unpaired) electrons. The van der Waals surface area contributed by atoms with Gasteiger partial charge in [0.05, 0.1) is 16.4 Å². The van der Waals surface area contributed by atoms with Crippen LogP contribution in [-0.2, 0) is 5.41 Å². The van der Waals surface area contributed by atoms with Crippen LogP contribution in [-0.4, -0.2) is 22.8 Å². The Kier molecular flexibility index (Phi) is 5.09. The van der Waals surface area contributed by atoms with E-state index in [9.17, 15) is 0 Å². The van der Waals surface area contributed by atoms with Crippen molar-refractivity contribution in [2.75, 3.05) is 0 Å². The van der Waals surface area contributed by atoms with Gasteiger partial charge in [-0.05, 0) is 67.7 Å². The number of ether oxygens (including phenoxy) is 1. The monoisotopic (exact) mass is 548 g/mol. The third kappa shape index (κ3) is 3.32. The van der Waals surface area contributed by atoms with Gasteiger partial charge in [0.25, 0.3) is 0 Å². The lowest BCUT2D eigenvalue weighted by Crippen LogP contribution is -2.69. The fourth-order valence-electron chi connectivity index (χ4n) is 8.50. The van der Waals surface area contributed by atoms with Crippen LogP contribution in [0.15, 0.2) is 121 Å². The summed E-state index contributed by atoms with van der Waals surface area (Å²) in [4.78, 5) is 0. The molecule has 5 aliphatic rings. The van der Waals surface area contributed by atoms with Gasteiger partial charge >= 0.3 is 0 Å². The fourth-order valence-corrected chi connectivity index (χ4v) is 8.50. The summed E-state index contributed by atoms with van der Waals surface area (Å²) in [6, 6.07) is 25.4. The predicted octanol–water partition coefficient (Wildman–Crippen LogP) is 8.59. The Morgan fingerprint density at radius 2 is 1.69 bits per heavy atom. The van der Waals surface area contributed by atoms with E-state index in [1.54, 1.807) is 0 Å². The maximum atomic E-state index is 6.55. The van der Waals surface area contributed by atoms with Crippen molar-refractivity contribution >= 4 is 27.5 Å². The van der Waals surface area contributed by atoms with Crippen molar-refractivity contribution in [3.05, 3.63) is 132 Å². The summed E-state index contributed by atoms with van der Waals surface area (Å²) in [5.41, 5.74) is 8.10. The van der Waals surface area contributed by atoms with E-state index in [4.69, 9.17) is 4.74 Å². The first-order chi connectivity index (χ1) is 20.5. The van der Waals surface area contributed by atoms with E-state index in [0.717, 1.165) is 12.2 Å². The van der Waals surface area contributed by atoms with Crippen LogP contribution in [0.3, 0.4) is 0 Å². The zero-order valence-electron chi connectivity index (χ0n) is 24.3. The molecule has 1 fully saturated rings. The van der Waals surface area contributed by atoms with Crippen LogP contribution in [0.1, 0.15) is 50.2 Å². The van der Waals surface area contributed by atoms with Crippen molar-refractivity contribution in [3.63, 3.8) is 0 Å². The average Bonchev–Trinajstić information content (AvgIpc) is 3.51. The van der Waals surface area contributed by atoms with E-state index in [2.05, 4.69) is 139 Å². The lowest BCUT2D eigenvalue weighted by Gasteiger charge is -2.57. The minimum atomic E-state index is -0.174. The highest BCUT2D eigenvalue weighted by Crippen LogP contribution is 2.52. The molecule has 42 heavy (non-hydrogen) atoms. The second-order valence-corrected chi connectivity index (χ2v) is 13.4. The summed E-state index contributed by atoms with van der Waals surface area (Å²) in [5.74, 6) is 1.33. The Morgan fingerprint density at radius 1 is 0.905 bits per heavy atom. The molecule has 5 unspecified atom stereocenters. The number of fused-ring (bicyclic) bond motifs is 7. The largest absolute Gasteiger partial charge is 0.485 e. The number of aromatic nitrogens is 1. The van der Waals surface area contributed by atoms with Crippen molar-refractivity contribution in [2.45, 2.75) is 62.6 Å². The number of para-hydroxylation sites is 2. The molecule has 3 aliphatic carbocycles. The molecule has 3 heteroatoms. The zero-order valence-corrected chi connectivity index (χ0v) is 24.3. The van der Waals surface area contributed by atoms with Gasteiger partial charge in [-0.15, -0.1) is 0 Å². The summed E-state index contributed by atoms with van der Waals surface area (Å²) >= 11 is 0. The molecule has 1 saturated heterocycles. The molecule has 3 nitrogen and oxygen atoms in total. The lowest BCUT2D eigenvalue weighted by atomic mass is 9.59. The van der Waals surface area contributed by atoms with Crippen LogP contribution < -0.4 is 10.1 Å². The van der Waals surface area contributed by atoms with Crippen molar-refractivity contribution in [2.24, 2.45) is 5.41 Å². The van der Waals surface area contributed by atoms with Gasteiger partial charge in [0.2, 0.25) is 0 Å². The van der Waals surface area contributed by atoms with Crippen LogP contribution in [0, 0.1) is 5.41 Å². The molecule has 3 heterocycles. The van der Waals surface area contributed by atoms with Crippen molar-refractivity contribution in [1.29, 1.82) is 0 Å². The van der Waals surface area contributed by atoms with E-state index < -0.39 is 0 Å². The van der Waals surface area contributed by atoms with Gasteiger partial charge in [-0.2, -0.15) is 0 Å². The molecule has 0 bridgehead atoms. The van der Waals surface area contributed by atoms with E-state index in [1.165, 1.54) is 57.0 Å². The Hall–Kier alpha value is -4.08. The smallest absolute Gasteiger partial charge is 0.130 e. The molecule has 2 aliphatic heterocycles. The highest BCUT2D eigenvalue weighted by atomic mass is 16.5. The quantitative estimate of drug-likeness (QED) is 0.260.